The maximum Gasteiger partial charge on any atom is 0.344 e. The first-order valence-electron chi connectivity index (χ1n) is 32.0. The molecule has 106 heavy (non-hydrogen) atoms. The van der Waals surface area contributed by atoms with Crippen LogP contribution in [0.3, 0.4) is 0 Å². The summed E-state index contributed by atoms with van der Waals surface area (Å²) in [5, 5.41) is 0. The first-order valence-corrected chi connectivity index (χ1v) is 35.7. The van der Waals surface area contributed by atoms with Crippen LogP contribution in [0, 0.1) is 0 Å². The highest BCUT2D eigenvalue weighted by molar-refractivity contribution is 8.00. The van der Waals surface area contributed by atoms with E-state index in [0.29, 0.717) is 56.9 Å². The molecule has 0 unspecified atom stereocenters. The second-order valence-corrected chi connectivity index (χ2v) is 20.7. The van der Waals surface area contributed by atoms with Gasteiger partial charge in [0.1, 0.15) is 43.7 Å². The van der Waals surface area contributed by atoms with Crippen LogP contribution in [0.5, 0.6) is 0 Å². The Morgan fingerprint density at radius 3 is 0.915 bits per heavy atom. The van der Waals surface area contributed by atoms with Crippen molar-refractivity contribution in [2.24, 2.45) is 0 Å². The Kier molecular flexibility index (Phi) is 121. The molecule has 0 saturated carbocycles. The average molecular weight is 1600 g/mol. The van der Waals surface area contributed by atoms with E-state index < -0.39 is 65.7 Å². The van der Waals surface area contributed by atoms with Crippen molar-refractivity contribution in [3.05, 3.63) is 0 Å². The number of esters is 16. The van der Waals surface area contributed by atoms with Crippen LogP contribution in [0.2, 0.25) is 0 Å². The topological polar surface area (TPSA) is 490 Å². The number of hydrogen-bond acceptors (Lipinski definition) is 40. The second kappa shape index (κ2) is 103. The number of carbonyl (C=O) groups is 19. The van der Waals surface area contributed by atoms with Crippen molar-refractivity contribution in [1.82, 2.24) is 0 Å². The lowest BCUT2D eigenvalue weighted by Crippen LogP contribution is -2.15. The zero-order valence-electron chi connectivity index (χ0n) is 66.1. The van der Waals surface area contributed by atoms with Crippen LogP contribution in [-0.2, 0) is 176 Å². The van der Waals surface area contributed by atoms with Crippen molar-refractivity contribution < 1.29 is 176 Å². The van der Waals surface area contributed by atoms with E-state index in [2.05, 4.69) is 80.5 Å². The monoisotopic (exact) mass is 1600 g/mol. The molecule has 0 aliphatic rings. The van der Waals surface area contributed by atoms with Crippen molar-refractivity contribution in [3.63, 3.8) is 0 Å². The number of ether oxygens (including phenoxy) is 18. The molecule has 0 radical (unpaired) electrons. The molecule has 622 valence electrons. The smallest absolute Gasteiger partial charge is 0.344 e. The van der Waals surface area contributed by atoms with Crippen molar-refractivity contribution in [1.29, 1.82) is 0 Å². The van der Waals surface area contributed by atoms with Crippen LogP contribution in [0.4, 0.5) is 0 Å². The van der Waals surface area contributed by atoms with Gasteiger partial charge in [0.25, 0.3) is 0 Å². The molecule has 0 fully saturated rings. The average Bonchev–Trinajstić information content (AvgIpc) is 1.23. The van der Waals surface area contributed by atoms with Gasteiger partial charge in [-0.15, -0.1) is 23.5 Å². The molecule has 0 bridgehead atoms. The van der Waals surface area contributed by atoms with Crippen LogP contribution < -0.4 is 0 Å². The lowest BCUT2D eigenvalue weighted by molar-refractivity contribution is -0.164. The summed E-state index contributed by atoms with van der Waals surface area (Å²) in [5.41, 5.74) is 0. The quantitative estimate of drug-likeness (QED) is 0.0214. The summed E-state index contributed by atoms with van der Waals surface area (Å²) in [5.74, 6) is -3.17. The van der Waals surface area contributed by atoms with Gasteiger partial charge in [0.15, 0.2) is 38.4 Å². The summed E-state index contributed by atoms with van der Waals surface area (Å²) < 4.78 is 80.0. The summed E-state index contributed by atoms with van der Waals surface area (Å²) in [6, 6.07) is 0. The van der Waals surface area contributed by atoms with Crippen LogP contribution >= 0.6 is 35.3 Å². The van der Waals surface area contributed by atoms with E-state index in [1.165, 1.54) is 95.2 Å². The third-order valence-electron chi connectivity index (χ3n) is 7.93. The van der Waals surface area contributed by atoms with Gasteiger partial charge >= 0.3 is 95.5 Å². The van der Waals surface area contributed by atoms with E-state index in [4.69, 9.17) is 4.74 Å². The molecule has 0 heterocycles. The molecule has 0 N–H and O–H groups in total. The Bertz CT molecular complexity index is 2240. The molecule has 0 aromatic heterocycles. The molecule has 0 aromatic rings. The van der Waals surface area contributed by atoms with E-state index in [-0.39, 0.29) is 126 Å². The van der Waals surface area contributed by atoms with E-state index in [0.717, 1.165) is 11.5 Å². The number of thioether (sulfide) groups is 3. The highest BCUT2D eigenvalue weighted by atomic mass is 32.2. The van der Waals surface area contributed by atoms with E-state index in [1.54, 1.807) is 72.0 Å². The number of hydrogen-bond donors (Lipinski definition) is 0. The lowest BCUT2D eigenvalue weighted by Gasteiger charge is -2.01. The van der Waals surface area contributed by atoms with Crippen molar-refractivity contribution in [3.8, 4) is 0 Å². The van der Waals surface area contributed by atoms with Gasteiger partial charge in [-0.05, 0) is 66.2 Å². The van der Waals surface area contributed by atoms with E-state index >= 15 is 0 Å². The van der Waals surface area contributed by atoms with Gasteiger partial charge in [0.05, 0.1) is 45.9 Å². The fourth-order valence-corrected chi connectivity index (χ4v) is 4.63. The maximum absolute atomic E-state index is 10.6. The van der Waals surface area contributed by atoms with Gasteiger partial charge in [-0.2, -0.15) is 11.8 Å². The molecule has 0 aliphatic carbocycles. The highest BCUT2D eigenvalue weighted by Gasteiger charge is 2.11. The standard InChI is InChI=1S/2C7H12O4.C7H12O3.C6H10O3.C6H12O2S.2C5H8O4.C5H8O3.C5H10O3.C5H10O2S.C4H8O3.C4H8O2S/c1-3-10-6(8)5-7(9)11-4-2;1-3-6(8)11-5-7(9)10-4-2;1-3-6(8)5-7(9)10-4-2;1-3-6(8)4-9-5(2)7;1-3-8-6(7)5-9-4-2;1-4(6)9-3-5(7)8-2;1-4(6)8-3-9-5(2)7;1-4(6)3-8-5(2)7;1-3-7-4-8-5(2)6;1-3-8-4-7-5(2)6;1-4(5)7-3-6-2;1-4(5)6-3-7-2/h2*3-5H2,1-2H3;3-5H2,1-2H3;3-4H2,1-2H3;3-5H2,1-2H3;2*3H2,1-2H3;3H2,1-2H3;2*3-4H2,1-2H3;2*3H2,1-2H3. The van der Waals surface area contributed by atoms with Gasteiger partial charge in [0, 0.05) is 95.3 Å². The first-order chi connectivity index (χ1) is 49.6. The Balaban J connectivity index is -0.0000000911. The maximum atomic E-state index is 10.6. The molecule has 37 nitrogen and oxygen atoms in total. The zero-order valence-corrected chi connectivity index (χ0v) is 68.5. The Morgan fingerprint density at radius 2 is 0.613 bits per heavy atom. The van der Waals surface area contributed by atoms with Gasteiger partial charge in [-0.1, -0.05) is 34.6 Å². The second-order valence-electron chi connectivity index (χ2n) is 17.4. The normalized spacial score (nSPS) is 8.64. The molecule has 40 heteroatoms. The summed E-state index contributed by atoms with van der Waals surface area (Å²) in [7, 11) is 2.69. The summed E-state index contributed by atoms with van der Waals surface area (Å²) in [4.78, 5) is 195. The lowest BCUT2D eigenvalue weighted by atomic mass is 10.2. The van der Waals surface area contributed by atoms with Crippen LogP contribution in [0.1, 0.15) is 178 Å². The fourth-order valence-electron chi connectivity index (χ4n) is 3.47. The number of ketones is 3. The molecule has 0 saturated heterocycles. The van der Waals surface area contributed by atoms with Crippen molar-refractivity contribution in [2.75, 3.05) is 136 Å². The Hall–Kier alpha value is -8.50. The van der Waals surface area contributed by atoms with Crippen LogP contribution in [0.25, 0.3) is 0 Å². The molecule has 0 spiro atoms. The minimum Gasteiger partial charge on any atom is -0.466 e. The number of methoxy groups -OCH3 is 2. The first kappa shape index (κ1) is 124. The largest absolute Gasteiger partial charge is 0.466 e. The fraction of sp³-hybridized carbons (Fsp3) is 0.712. The summed E-state index contributed by atoms with van der Waals surface area (Å²) in [6.45, 7) is 34.1. The van der Waals surface area contributed by atoms with Crippen molar-refractivity contribution in [2.45, 2.75) is 178 Å². The molecular formula is C66H118O37S3. The van der Waals surface area contributed by atoms with Crippen LogP contribution in [-0.4, -0.2) is 249 Å². The molecule has 0 atom stereocenters. The summed E-state index contributed by atoms with van der Waals surface area (Å²) >= 11 is 4.66. The number of rotatable bonds is 35. The summed E-state index contributed by atoms with van der Waals surface area (Å²) in [6.07, 6.45) is 2.61. The number of carbonyl (C=O) groups excluding carboxylic acids is 19. The SMILES string of the molecule is CC(=O)COC(C)=O.CC(=O)OCOC(C)=O.CCC(=O)COC(C)=O.CCOC(=O)CC(=O)CC.CCOC(=O)CC(=O)OCC.CCOC(=O)COC(=O)CC.CCOC(=O)CSCC.CCOCOC(C)=O.CCSCOC(C)=O.COC(=O)COC(C)=O.COCOC(C)=O.CSCOC(C)=O. The molecule has 0 amide bonds. The van der Waals surface area contributed by atoms with Gasteiger partial charge < -0.3 is 85.3 Å². The minimum absolute atomic E-state index is 0.0507. The Labute approximate surface area is 635 Å². The van der Waals surface area contributed by atoms with E-state index in [1.807, 2.05) is 34.0 Å². The van der Waals surface area contributed by atoms with Crippen molar-refractivity contribution >= 4 is 148 Å². The molecule has 0 aliphatic heterocycles. The predicted octanol–water partition coefficient (Wildman–Crippen LogP) is 6.51. The van der Waals surface area contributed by atoms with Gasteiger partial charge in [0.2, 0.25) is 6.79 Å². The van der Waals surface area contributed by atoms with Gasteiger partial charge in [-0.25, -0.2) is 9.59 Å². The predicted molar refractivity (Wildman–Crippen MR) is 385 cm³/mol. The minimum atomic E-state index is -0.551. The zero-order chi connectivity index (χ0) is 85.1. The third-order valence-corrected chi connectivity index (χ3v) is 9.82. The Morgan fingerprint density at radius 1 is 0.274 bits per heavy atom. The molecule has 0 aromatic carbocycles. The number of Topliss-reactive ketones (excluding diaryl/α,β-unsaturated/α-hetero) is 3. The van der Waals surface area contributed by atoms with Crippen LogP contribution in [0.15, 0.2) is 0 Å². The highest BCUT2D eigenvalue weighted by Crippen LogP contribution is 1.99. The van der Waals surface area contributed by atoms with E-state index in [9.17, 15) is 91.1 Å². The van der Waals surface area contributed by atoms with Gasteiger partial charge in [-0.3, -0.25) is 81.5 Å². The third kappa shape index (κ3) is 172. The molecule has 0 rings (SSSR count). The molecular weight excluding hydrogens is 1480 g/mol.